The Morgan fingerprint density at radius 3 is 2.19 bits per heavy atom. The molecule has 1 unspecified atom stereocenters. The van der Waals surface area contributed by atoms with Gasteiger partial charge in [-0.3, -0.25) is 0 Å². The molecule has 2 N–H and O–H groups in total. The van der Waals surface area contributed by atoms with E-state index in [2.05, 4.69) is 28.8 Å². The third kappa shape index (κ3) is 5.39. The smallest absolute Gasteiger partial charge is 0.240 e. The molecule has 0 amide bonds. The molecule has 1 aromatic rings. The number of likely N-dealkylation sites (N-methyl/N-ethyl adjacent to an activating group) is 1. The Labute approximate surface area is 128 Å². The van der Waals surface area contributed by atoms with Crippen LogP contribution in [0.3, 0.4) is 0 Å². The van der Waals surface area contributed by atoms with Crippen LogP contribution in [0, 0.1) is 0 Å². The number of hydrogen-bond acceptors (Lipinski definition) is 4. The van der Waals surface area contributed by atoms with Gasteiger partial charge in [-0.2, -0.15) is 0 Å². The maximum atomic E-state index is 12.2. The average molecular weight is 313 g/mol. The summed E-state index contributed by atoms with van der Waals surface area (Å²) in [6.07, 6.45) is 0. The Kier molecular flexibility index (Phi) is 7.31. The molecule has 0 saturated carbocycles. The number of benzene rings is 1. The van der Waals surface area contributed by atoms with Gasteiger partial charge in [0.2, 0.25) is 10.0 Å². The van der Waals surface area contributed by atoms with Crippen LogP contribution in [0.15, 0.2) is 29.2 Å². The van der Waals surface area contributed by atoms with Crippen molar-refractivity contribution in [2.45, 2.75) is 31.7 Å². The van der Waals surface area contributed by atoms with E-state index in [-0.39, 0.29) is 6.04 Å². The van der Waals surface area contributed by atoms with E-state index in [1.54, 1.807) is 12.1 Å². The van der Waals surface area contributed by atoms with Gasteiger partial charge in [-0.25, -0.2) is 13.1 Å². The van der Waals surface area contributed by atoms with Gasteiger partial charge < -0.3 is 10.2 Å². The van der Waals surface area contributed by atoms with Crippen LogP contribution in [0.2, 0.25) is 0 Å². The van der Waals surface area contributed by atoms with Gasteiger partial charge in [0.25, 0.3) is 0 Å². The molecule has 0 heterocycles. The first-order chi connectivity index (χ1) is 9.94. The summed E-state index contributed by atoms with van der Waals surface area (Å²) in [5.74, 6) is 0. The Hall–Kier alpha value is -0.950. The second kappa shape index (κ2) is 8.48. The van der Waals surface area contributed by atoms with E-state index in [4.69, 9.17) is 0 Å². The van der Waals surface area contributed by atoms with Gasteiger partial charge in [0.1, 0.15) is 0 Å². The number of nitrogens with one attached hydrogen (secondary N) is 2. The van der Waals surface area contributed by atoms with E-state index in [1.807, 2.05) is 26.1 Å². The van der Waals surface area contributed by atoms with Crippen LogP contribution in [-0.4, -0.2) is 46.5 Å². The monoisotopic (exact) mass is 313 g/mol. The summed E-state index contributed by atoms with van der Waals surface area (Å²) in [7, 11) is -1.54. The highest BCUT2D eigenvalue weighted by Crippen LogP contribution is 2.15. The lowest BCUT2D eigenvalue weighted by atomic mass is 10.1. The van der Waals surface area contributed by atoms with Crippen LogP contribution >= 0.6 is 0 Å². The molecule has 0 fully saturated rings. The molecule has 5 nitrogen and oxygen atoms in total. The molecule has 0 bridgehead atoms. The van der Waals surface area contributed by atoms with E-state index >= 15 is 0 Å². The fraction of sp³-hybridized carbons (Fsp3) is 0.600. The van der Waals surface area contributed by atoms with Crippen LogP contribution < -0.4 is 10.0 Å². The van der Waals surface area contributed by atoms with Gasteiger partial charge in [0.05, 0.1) is 4.90 Å². The predicted octanol–water partition coefficient (Wildman–Crippen LogP) is 1.59. The molecule has 120 valence electrons. The highest BCUT2D eigenvalue weighted by atomic mass is 32.2. The topological polar surface area (TPSA) is 61.4 Å². The van der Waals surface area contributed by atoms with Crippen molar-refractivity contribution < 1.29 is 8.42 Å². The van der Waals surface area contributed by atoms with E-state index in [0.29, 0.717) is 11.4 Å². The van der Waals surface area contributed by atoms with Crippen molar-refractivity contribution in [3.05, 3.63) is 29.8 Å². The summed E-state index contributed by atoms with van der Waals surface area (Å²) in [5, 5.41) is 3.13. The van der Waals surface area contributed by atoms with Crippen LogP contribution in [0.4, 0.5) is 0 Å². The Bertz CT molecular complexity index is 510. The minimum absolute atomic E-state index is 0.206. The Morgan fingerprint density at radius 2 is 1.71 bits per heavy atom. The molecule has 0 spiro atoms. The van der Waals surface area contributed by atoms with Gasteiger partial charge >= 0.3 is 0 Å². The van der Waals surface area contributed by atoms with Gasteiger partial charge in [-0.05, 0) is 44.8 Å². The summed E-state index contributed by atoms with van der Waals surface area (Å²) in [6.45, 7) is 9.18. The standard InChI is InChI=1S/C15H27N3O2S/c1-5-18(6-2)12-11-17-21(19,20)15-9-7-14(8-10-15)13(3)16-4/h7-10,13,16-17H,5-6,11-12H2,1-4H3. The third-order valence-electron chi connectivity index (χ3n) is 3.74. The lowest BCUT2D eigenvalue weighted by molar-refractivity contribution is 0.309. The van der Waals surface area contributed by atoms with Crippen molar-refractivity contribution in [1.82, 2.24) is 14.9 Å². The molecule has 0 aliphatic rings. The number of hydrogen-bond donors (Lipinski definition) is 2. The van der Waals surface area contributed by atoms with E-state index in [9.17, 15) is 8.42 Å². The van der Waals surface area contributed by atoms with E-state index in [0.717, 1.165) is 25.2 Å². The summed E-state index contributed by atoms with van der Waals surface area (Å²) in [5.41, 5.74) is 1.07. The number of rotatable bonds is 9. The molecule has 0 saturated heterocycles. The van der Waals surface area contributed by atoms with E-state index in [1.165, 1.54) is 0 Å². The highest BCUT2D eigenvalue weighted by Gasteiger charge is 2.14. The maximum absolute atomic E-state index is 12.2. The average Bonchev–Trinajstić information content (AvgIpc) is 2.51. The zero-order valence-corrected chi connectivity index (χ0v) is 14.2. The minimum atomic E-state index is -3.42. The molecular weight excluding hydrogens is 286 g/mol. The van der Waals surface area contributed by atoms with Gasteiger partial charge in [-0.1, -0.05) is 26.0 Å². The Morgan fingerprint density at radius 1 is 1.14 bits per heavy atom. The van der Waals surface area contributed by atoms with Crippen LogP contribution in [0.1, 0.15) is 32.4 Å². The van der Waals surface area contributed by atoms with Crippen molar-refractivity contribution >= 4 is 10.0 Å². The Balaban J connectivity index is 2.66. The van der Waals surface area contributed by atoms with Gasteiger partial charge in [0.15, 0.2) is 0 Å². The summed E-state index contributed by atoms with van der Waals surface area (Å²) >= 11 is 0. The van der Waals surface area contributed by atoms with Crippen LogP contribution in [0.25, 0.3) is 0 Å². The summed E-state index contributed by atoms with van der Waals surface area (Å²) in [6, 6.07) is 7.21. The second-order valence-electron chi connectivity index (χ2n) is 5.00. The van der Waals surface area contributed by atoms with Gasteiger partial charge in [0, 0.05) is 19.1 Å². The van der Waals surface area contributed by atoms with E-state index < -0.39 is 10.0 Å². The third-order valence-corrected chi connectivity index (χ3v) is 5.21. The molecule has 0 aliphatic heterocycles. The molecule has 1 atom stereocenters. The quantitative estimate of drug-likeness (QED) is 0.727. The number of nitrogens with zero attached hydrogens (tertiary/aromatic N) is 1. The predicted molar refractivity (Wildman–Crippen MR) is 86.9 cm³/mol. The normalized spacial score (nSPS) is 13.6. The van der Waals surface area contributed by atoms with Crippen molar-refractivity contribution in [2.24, 2.45) is 0 Å². The summed E-state index contributed by atoms with van der Waals surface area (Å²) < 4.78 is 27.0. The SMILES string of the molecule is CCN(CC)CCNS(=O)(=O)c1ccc(C(C)NC)cc1. The maximum Gasteiger partial charge on any atom is 0.240 e. The molecule has 0 aromatic heterocycles. The number of sulfonamides is 1. The zero-order chi connectivity index (χ0) is 15.9. The summed E-state index contributed by atoms with van der Waals surface area (Å²) in [4.78, 5) is 2.49. The molecule has 21 heavy (non-hydrogen) atoms. The van der Waals surface area contributed by atoms with Crippen LogP contribution in [-0.2, 0) is 10.0 Å². The minimum Gasteiger partial charge on any atom is -0.313 e. The van der Waals surface area contributed by atoms with Crippen molar-refractivity contribution in [2.75, 3.05) is 33.2 Å². The molecule has 6 heteroatoms. The lowest BCUT2D eigenvalue weighted by Crippen LogP contribution is -2.34. The van der Waals surface area contributed by atoms with Crippen molar-refractivity contribution in [3.63, 3.8) is 0 Å². The first-order valence-corrected chi connectivity index (χ1v) is 8.92. The fourth-order valence-electron chi connectivity index (χ4n) is 2.06. The molecule has 1 aromatic carbocycles. The van der Waals surface area contributed by atoms with Crippen LogP contribution in [0.5, 0.6) is 0 Å². The first-order valence-electron chi connectivity index (χ1n) is 7.43. The zero-order valence-electron chi connectivity index (χ0n) is 13.4. The molecular formula is C15H27N3O2S. The van der Waals surface area contributed by atoms with Crippen molar-refractivity contribution in [1.29, 1.82) is 0 Å². The molecule has 1 rings (SSSR count). The highest BCUT2D eigenvalue weighted by molar-refractivity contribution is 7.89. The fourth-order valence-corrected chi connectivity index (χ4v) is 3.08. The van der Waals surface area contributed by atoms with Gasteiger partial charge in [-0.15, -0.1) is 0 Å². The first kappa shape index (κ1) is 18.1. The molecule has 0 radical (unpaired) electrons. The van der Waals surface area contributed by atoms with Crippen molar-refractivity contribution in [3.8, 4) is 0 Å². The largest absolute Gasteiger partial charge is 0.313 e. The lowest BCUT2D eigenvalue weighted by Gasteiger charge is -2.18. The second-order valence-corrected chi connectivity index (χ2v) is 6.77. The molecule has 0 aliphatic carbocycles.